The molecule has 2 N–H and O–H groups in total. The lowest BCUT2D eigenvalue weighted by molar-refractivity contribution is -0.0321. The first-order valence-electron chi connectivity index (χ1n) is 11.4. The third-order valence-corrected chi connectivity index (χ3v) is 8.21. The third kappa shape index (κ3) is 2.43. The van der Waals surface area contributed by atoms with Crippen LogP contribution in [0.25, 0.3) is 22.1 Å². The summed E-state index contributed by atoms with van der Waals surface area (Å²) in [4.78, 5) is 26.6. The number of aliphatic hydroxyl groups is 1. The first-order valence-corrected chi connectivity index (χ1v) is 11.4. The van der Waals surface area contributed by atoms with Gasteiger partial charge in [0.15, 0.2) is 5.65 Å². The van der Waals surface area contributed by atoms with Gasteiger partial charge in [-0.1, -0.05) is 6.07 Å². The Bertz CT molecular complexity index is 1510. The van der Waals surface area contributed by atoms with E-state index in [2.05, 4.69) is 20.3 Å². The van der Waals surface area contributed by atoms with Gasteiger partial charge in [-0.05, 0) is 56.1 Å². The van der Waals surface area contributed by atoms with E-state index in [4.69, 9.17) is 0 Å². The normalized spacial score (nSPS) is 30.0. The minimum atomic E-state index is -0.880. The second-order valence-electron chi connectivity index (χ2n) is 10.1. The van der Waals surface area contributed by atoms with E-state index in [1.165, 1.54) is 6.07 Å². The van der Waals surface area contributed by atoms with Crippen LogP contribution in [0.15, 0.2) is 41.5 Å². The van der Waals surface area contributed by atoms with Gasteiger partial charge in [-0.25, -0.2) is 14.2 Å². The maximum Gasteiger partial charge on any atom is 0.330 e. The van der Waals surface area contributed by atoms with Crippen LogP contribution in [-0.4, -0.2) is 34.8 Å². The number of benzene rings is 1. The summed E-state index contributed by atoms with van der Waals surface area (Å²) in [6.07, 6.45) is 7.38. The van der Waals surface area contributed by atoms with Gasteiger partial charge >= 0.3 is 5.69 Å². The Balaban J connectivity index is 1.37. The van der Waals surface area contributed by atoms with Crippen molar-refractivity contribution >= 4 is 33.7 Å². The Morgan fingerprint density at radius 1 is 1.18 bits per heavy atom. The van der Waals surface area contributed by atoms with Crippen molar-refractivity contribution in [2.75, 3.05) is 5.32 Å². The number of fused-ring (bicyclic) bond motifs is 2. The summed E-state index contributed by atoms with van der Waals surface area (Å²) in [5.41, 5.74) is 0.159. The molecule has 1 aromatic carbocycles. The van der Waals surface area contributed by atoms with E-state index in [-0.39, 0.29) is 17.3 Å². The van der Waals surface area contributed by atoms with E-state index in [0.29, 0.717) is 28.5 Å². The SMILES string of the molecule is Cn1c(=O)n(C23CC4CC(CC2(O)C4)C3)c2nc(Nc3cc4cccnc4cc3F)ncc21. The van der Waals surface area contributed by atoms with Gasteiger partial charge in [0, 0.05) is 24.7 Å². The second-order valence-corrected chi connectivity index (χ2v) is 10.1. The summed E-state index contributed by atoms with van der Waals surface area (Å²) in [5.74, 6) is 0.605. The van der Waals surface area contributed by atoms with Crippen molar-refractivity contribution in [3.8, 4) is 0 Å². The molecule has 4 bridgehead atoms. The van der Waals surface area contributed by atoms with Gasteiger partial charge in [-0.15, -0.1) is 0 Å². The van der Waals surface area contributed by atoms with E-state index in [1.807, 2.05) is 6.07 Å². The van der Waals surface area contributed by atoms with Crippen molar-refractivity contribution in [1.82, 2.24) is 24.1 Å². The number of anilines is 2. The first-order chi connectivity index (χ1) is 15.9. The van der Waals surface area contributed by atoms with Crippen molar-refractivity contribution in [2.45, 2.75) is 43.2 Å². The second kappa shape index (κ2) is 6.17. The Hall–Kier alpha value is -3.33. The number of hydrogen-bond donors (Lipinski definition) is 2. The highest BCUT2D eigenvalue weighted by Crippen LogP contribution is 2.66. The molecule has 0 amide bonds. The standard InChI is InChI=1S/C24H23FN6O2/c1-30-19-12-27-21(28-18-6-15-3-2-4-26-17(15)7-16(18)25)29-20(19)31(22(30)32)23-8-13-5-14(9-23)11-24(23,33)10-13/h2-4,6-7,12-14,33H,5,8-11H2,1H3,(H,27,28,29). The molecular weight excluding hydrogens is 423 g/mol. The van der Waals surface area contributed by atoms with E-state index in [9.17, 15) is 14.3 Å². The fourth-order valence-electron chi connectivity index (χ4n) is 7.04. The van der Waals surface area contributed by atoms with Crippen molar-refractivity contribution in [1.29, 1.82) is 0 Å². The number of pyridine rings is 1. The lowest BCUT2D eigenvalue weighted by Crippen LogP contribution is -2.51. The third-order valence-electron chi connectivity index (χ3n) is 8.21. The van der Waals surface area contributed by atoms with Gasteiger partial charge in [0.1, 0.15) is 11.3 Å². The smallest absolute Gasteiger partial charge is 0.330 e. The fraction of sp³-hybridized carbons (Fsp3) is 0.417. The van der Waals surface area contributed by atoms with Crippen molar-refractivity contribution in [2.24, 2.45) is 18.9 Å². The average molecular weight is 446 g/mol. The Kier molecular flexibility index (Phi) is 3.58. The number of nitrogens with one attached hydrogen (secondary N) is 1. The van der Waals surface area contributed by atoms with Crippen molar-refractivity contribution < 1.29 is 9.50 Å². The highest BCUT2D eigenvalue weighted by atomic mass is 19.1. The van der Waals surface area contributed by atoms with Crippen LogP contribution in [0.3, 0.4) is 0 Å². The largest absolute Gasteiger partial charge is 0.387 e. The van der Waals surface area contributed by atoms with Gasteiger partial charge in [0.2, 0.25) is 5.95 Å². The lowest BCUT2D eigenvalue weighted by atomic mass is 9.80. The highest BCUT2D eigenvalue weighted by Gasteiger charge is 2.68. The summed E-state index contributed by atoms with van der Waals surface area (Å²) in [6, 6.07) is 6.69. The maximum atomic E-state index is 14.7. The molecule has 3 aromatic heterocycles. The predicted octanol–water partition coefficient (Wildman–Crippen LogP) is 3.21. The quantitative estimate of drug-likeness (QED) is 0.502. The molecule has 0 radical (unpaired) electrons. The molecule has 3 heterocycles. The van der Waals surface area contributed by atoms with Crippen LogP contribution < -0.4 is 11.0 Å². The molecule has 0 saturated heterocycles. The molecule has 2 unspecified atom stereocenters. The van der Waals surface area contributed by atoms with Gasteiger partial charge in [-0.3, -0.25) is 14.1 Å². The zero-order valence-electron chi connectivity index (χ0n) is 18.1. The Labute approximate surface area is 188 Å². The maximum absolute atomic E-state index is 14.7. The van der Waals surface area contributed by atoms with Gasteiger partial charge in [-0.2, -0.15) is 4.98 Å². The zero-order chi connectivity index (χ0) is 22.5. The van der Waals surface area contributed by atoms with Crippen LogP contribution in [-0.2, 0) is 12.6 Å². The summed E-state index contributed by atoms with van der Waals surface area (Å²) < 4.78 is 18.0. The van der Waals surface area contributed by atoms with Gasteiger partial charge in [0.25, 0.3) is 0 Å². The zero-order valence-corrected chi connectivity index (χ0v) is 18.1. The number of imidazole rings is 1. The number of aromatic nitrogens is 5. The number of halogens is 1. The molecule has 2 atom stereocenters. The van der Waals surface area contributed by atoms with E-state index in [1.54, 1.807) is 40.7 Å². The van der Waals surface area contributed by atoms with E-state index in [0.717, 1.165) is 37.5 Å². The summed E-state index contributed by atoms with van der Waals surface area (Å²) in [6.45, 7) is 0. The summed E-state index contributed by atoms with van der Waals surface area (Å²) in [5, 5.41) is 15.4. The highest BCUT2D eigenvalue weighted by molar-refractivity contribution is 5.83. The van der Waals surface area contributed by atoms with E-state index >= 15 is 0 Å². The minimum absolute atomic E-state index is 0.193. The molecule has 8 nitrogen and oxygen atoms in total. The van der Waals surface area contributed by atoms with Crippen LogP contribution in [0.5, 0.6) is 0 Å². The van der Waals surface area contributed by atoms with Gasteiger partial charge < -0.3 is 10.4 Å². The number of nitrogens with zero attached hydrogens (tertiary/aromatic N) is 5. The number of hydrogen-bond acceptors (Lipinski definition) is 6. The average Bonchev–Trinajstić information content (AvgIpc) is 3.23. The topological polar surface area (TPSA) is 97.9 Å². The monoisotopic (exact) mass is 446 g/mol. The fourth-order valence-corrected chi connectivity index (χ4v) is 7.04. The van der Waals surface area contributed by atoms with E-state index < -0.39 is 17.0 Å². The molecule has 4 aliphatic rings. The molecule has 4 fully saturated rings. The first kappa shape index (κ1) is 19.2. The van der Waals surface area contributed by atoms with Gasteiger partial charge in [0.05, 0.1) is 28.5 Å². The molecule has 168 valence electrons. The molecular formula is C24H23FN6O2. The van der Waals surface area contributed by atoms with Crippen LogP contribution in [0, 0.1) is 17.7 Å². The Morgan fingerprint density at radius 2 is 1.97 bits per heavy atom. The summed E-state index contributed by atoms with van der Waals surface area (Å²) in [7, 11) is 1.70. The minimum Gasteiger partial charge on any atom is -0.387 e. The number of aryl methyl sites for hydroxylation is 1. The van der Waals surface area contributed by atoms with Crippen molar-refractivity contribution in [3.05, 3.63) is 53.0 Å². The van der Waals surface area contributed by atoms with Crippen LogP contribution >= 0.6 is 0 Å². The molecule has 9 heteroatoms. The molecule has 4 aliphatic carbocycles. The van der Waals surface area contributed by atoms with Crippen LogP contribution in [0.1, 0.15) is 32.1 Å². The van der Waals surface area contributed by atoms with Crippen LogP contribution in [0.4, 0.5) is 16.0 Å². The number of rotatable bonds is 3. The lowest BCUT2D eigenvalue weighted by Gasteiger charge is -2.37. The van der Waals surface area contributed by atoms with Crippen molar-refractivity contribution in [3.63, 3.8) is 0 Å². The molecule has 8 rings (SSSR count). The van der Waals surface area contributed by atoms with Crippen LogP contribution in [0.2, 0.25) is 0 Å². The predicted molar refractivity (Wildman–Crippen MR) is 121 cm³/mol. The molecule has 4 saturated carbocycles. The molecule has 0 spiro atoms. The molecule has 0 aliphatic heterocycles. The Morgan fingerprint density at radius 3 is 2.76 bits per heavy atom. The molecule has 33 heavy (non-hydrogen) atoms. The summed E-state index contributed by atoms with van der Waals surface area (Å²) >= 11 is 0. The molecule has 4 aromatic rings.